The lowest BCUT2D eigenvalue weighted by atomic mass is 9.89. The zero-order valence-electron chi connectivity index (χ0n) is 10.2. The summed E-state index contributed by atoms with van der Waals surface area (Å²) < 4.78 is 5.06. The van der Waals surface area contributed by atoms with E-state index in [1.807, 2.05) is 6.92 Å². The van der Waals surface area contributed by atoms with Crippen LogP contribution in [0.25, 0.3) is 0 Å². The van der Waals surface area contributed by atoms with Crippen LogP contribution in [-0.2, 0) is 9.53 Å². The number of hydrogen-bond acceptors (Lipinski definition) is 2. The molecule has 14 heavy (non-hydrogen) atoms. The molecule has 0 aliphatic carbocycles. The van der Waals surface area contributed by atoms with Gasteiger partial charge in [0, 0.05) is 0 Å². The van der Waals surface area contributed by atoms with Crippen LogP contribution in [-0.4, -0.2) is 12.6 Å². The SMILES string of the molecule is CCOC(=O)C(CCC(C)C)C(C)C. The first-order valence-corrected chi connectivity index (χ1v) is 5.65. The second kappa shape index (κ2) is 6.86. The standard InChI is InChI=1S/C12H24O2/c1-6-14-12(13)11(10(4)5)8-7-9(2)3/h9-11H,6-8H2,1-5H3. The number of esters is 1. The molecule has 0 bridgehead atoms. The summed E-state index contributed by atoms with van der Waals surface area (Å²) >= 11 is 0. The lowest BCUT2D eigenvalue weighted by Gasteiger charge is -2.19. The maximum absolute atomic E-state index is 11.6. The summed E-state index contributed by atoms with van der Waals surface area (Å²) in [6.07, 6.45) is 2.05. The maximum atomic E-state index is 11.6. The van der Waals surface area contributed by atoms with Crippen molar-refractivity contribution in [1.82, 2.24) is 0 Å². The first-order valence-electron chi connectivity index (χ1n) is 5.65. The highest BCUT2D eigenvalue weighted by Crippen LogP contribution is 2.21. The fraction of sp³-hybridized carbons (Fsp3) is 0.917. The second-order valence-corrected chi connectivity index (χ2v) is 4.57. The minimum atomic E-state index is -0.0249. The number of ether oxygens (including phenoxy) is 1. The number of carbonyl (C=O) groups excluding carboxylic acids is 1. The van der Waals surface area contributed by atoms with Crippen LogP contribution in [0.5, 0.6) is 0 Å². The molecule has 0 saturated carbocycles. The van der Waals surface area contributed by atoms with Gasteiger partial charge in [-0.2, -0.15) is 0 Å². The highest BCUT2D eigenvalue weighted by atomic mass is 16.5. The third-order valence-corrected chi connectivity index (χ3v) is 2.45. The van der Waals surface area contributed by atoms with Crippen molar-refractivity contribution in [2.24, 2.45) is 17.8 Å². The van der Waals surface area contributed by atoms with Crippen LogP contribution < -0.4 is 0 Å². The van der Waals surface area contributed by atoms with Gasteiger partial charge >= 0.3 is 5.97 Å². The van der Waals surface area contributed by atoms with E-state index in [0.29, 0.717) is 18.4 Å². The normalized spacial score (nSPS) is 13.4. The molecule has 0 aliphatic rings. The van der Waals surface area contributed by atoms with Crippen molar-refractivity contribution in [2.45, 2.75) is 47.5 Å². The van der Waals surface area contributed by atoms with Crippen LogP contribution in [0.3, 0.4) is 0 Å². The zero-order valence-corrected chi connectivity index (χ0v) is 10.2. The molecule has 2 heteroatoms. The Bertz CT molecular complexity index is 162. The van der Waals surface area contributed by atoms with Gasteiger partial charge in [-0.15, -0.1) is 0 Å². The average Bonchev–Trinajstić information content (AvgIpc) is 2.03. The van der Waals surface area contributed by atoms with Crippen molar-refractivity contribution in [3.8, 4) is 0 Å². The van der Waals surface area contributed by atoms with Gasteiger partial charge in [0.05, 0.1) is 12.5 Å². The second-order valence-electron chi connectivity index (χ2n) is 4.57. The Morgan fingerprint density at radius 1 is 1.14 bits per heavy atom. The first-order chi connectivity index (χ1) is 6.49. The Balaban J connectivity index is 4.08. The first kappa shape index (κ1) is 13.5. The van der Waals surface area contributed by atoms with Crippen LogP contribution in [0.15, 0.2) is 0 Å². The molecular weight excluding hydrogens is 176 g/mol. The molecule has 1 atom stereocenters. The summed E-state index contributed by atoms with van der Waals surface area (Å²) in [5.74, 6) is 1.10. The summed E-state index contributed by atoms with van der Waals surface area (Å²) in [5, 5.41) is 0. The van der Waals surface area contributed by atoms with Gasteiger partial charge in [-0.25, -0.2) is 0 Å². The van der Waals surface area contributed by atoms with E-state index in [1.165, 1.54) is 0 Å². The summed E-state index contributed by atoms with van der Waals surface area (Å²) in [5.41, 5.74) is 0. The molecule has 0 aromatic heterocycles. The van der Waals surface area contributed by atoms with E-state index in [9.17, 15) is 4.79 Å². The Kier molecular flexibility index (Phi) is 6.60. The molecule has 0 spiro atoms. The average molecular weight is 200 g/mol. The quantitative estimate of drug-likeness (QED) is 0.615. The van der Waals surface area contributed by atoms with Crippen LogP contribution in [0.1, 0.15) is 47.5 Å². The van der Waals surface area contributed by atoms with Gasteiger partial charge in [0.25, 0.3) is 0 Å². The third kappa shape index (κ3) is 5.25. The highest BCUT2D eigenvalue weighted by molar-refractivity contribution is 5.72. The molecule has 84 valence electrons. The van der Waals surface area contributed by atoms with E-state index >= 15 is 0 Å². The predicted octanol–water partition coefficient (Wildman–Crippen LogP) is 3.26. The summed E-state index contributed by atoms with van der Waals surface area (Å²) in [7, 11) is 0. The number of rotatable bonds is 6. The van der Waals surface area contributed by atoms with Gasteiger partial charge in [-0.3, -0.25) is 4.79 Å². The summed E-state index contributed by atoms with van der Waals surface area (Å²) in [6.45, 7) is 10.9. The minimum absolute atomic E-state index is 0.0249. The molecule has 1 unspecified atom stereocenters. The van der Waals surface area contributed by atoms with Crippen molar-refractivity contribution in [3.63, 3.8) is 0 Å². The molecule has 0 fully saturated rings. The van der Waals surface area contributed by atoms with Gasteiger partial charge in [0.2, 0.25) is 0 Å². The van der Waals surface area contributed by atoms with E-state index < -0.39 is 0 Å². The van der Waals surface area contributed by atoms with Crippen LogP contribution in [0, 0.1) is 17.8 Å². The maximum Gasteiger partial charge on any atom is 0.309 e. The fourth-order valence-electron chi connectivity index (χ4n) is 1.49. The molecule has 0 aliphatic heterocycles. The van der Waals surface area contributed by atoms with Crippen LogP contribution in [0.4, 0.5) is 0 Å². The van der Waals surface area contributed by atoms with Crippen molar-refractivity contribution in [2.75, 3.05) is 6.61 Å². The van der Waals surface area contributed by atoms with E-state index in [0.717, 1.165) is 12.8 Å². The van der Waals surface area contributed by atoms with Crippen molar-refractivity contribution in [3.05, 3.63) is 0 Å². The lowest BCUT2D eigenvalue weighted by molar-refractivity contribution is -0.150. The molecule has 0 rings (SSSR count). The summed E-state index contributed by atoms with van der Waals surface area (Å²) in [4.78, 5) is 11.6. The predicted molar refractivity (Wildman–Crippen MR) is 59.0 cm³/mol. The Labute approximate surface area is 88.0 Å². The van der Waals surface area contributed by atoms with Gasteiger partial charge in [-0.05, 0) is 25.2 Å². The molecule has 0 radical (unpaired) electrons. The highest BCUT2D eigenvalue weighted by Gasteiger charge is 2.23. The molecule has 0 aromatic rings. The van der Waals surface area contributed by atoms with Crippen molar-refractivity contribution in [1.29, 1.82) is 0 Å². The number of carbonyl (C=O) groups is 1. The van der Waals surface area contributed by atoms with Crippen molar-refractivity contribution >= 4 is 5.97 Å². The minimum Gasteiger partial charge on any atom is -0.466 e. The fourth-order valence-corrected chi connectivity index (χ4v) is 1.49. The Morgan fingerprint density at radius 3 is 2.07 bits per heavy atom. The summed E-state index contributed by atoms with van der Waals surface area (Å²) in [6, 6.07) is 0. The van der Waals surface area contributed by atoms with Gasteiger partial charge in [0.15, 0.2) is 0 Å². The molecular formula is C12H24O2. The van der Waals surface area contributed by atoms with Crippen molar-refractivity contribution < 1.29 is 9.53 Å². The van der Waals surface area contributed by atoms with Gasteiger partial charge < -0.3 is 4.74 Å². The third-order valence-electron chi connectivity index (χ3n) is 2.45. The van der Waals surface area contributed by atoms with E-state index in [-0.39, 0.29) is 11.9 Å². The molecule has 0 heterocycles. The lowest BCUT2D eigenvalue weighted by Crippen LogP contribution is -2.23. The monoisotopic (exact) mass is 200 g/mol. The van der Waals surface area contributed by atoms with Gasteiger partial charge in [0.1, 0.15) is 0 Å². The van der Waals surface area contributed by atoms with Gasteiger partial charge in [-0.1, -0.05) is 34.1 Å². The Morgan fingerprint density at radius 2 is 1.71 bits per heavy atom. The molecule has 0 N–H and O–H groups in total. The van der Waals surface area contributed by atoms with E-state index in [4.69, 9.17) is 4.74 Å². The van der Waals surface area contributed by atoms with E-state index in [2.05, 4.69) is 27.7 Å². The topological polar surface area (TPSA) is 26.3 Å². The Hall–Kier alpha value is -0.530. The largest absolute Gasteiger partial charge is 0.466 e. The van der Waals surface area contributed by atoms with E-state index in [1.54, 1.807) is 0 Å². The molecule has 0 aromatic carbocycles. The molecule has 2 nitrogen and oxygen atoms in total. The smallest absolute Gasteiger partial charge is 0.309 e. The zero-order chi connectivity index (χ0) is 11.1. The molecule has 0 saturated heterocycles. The van der Waals surface area contributed by atoms with Crippen LogP contribution >= 0.6 is 0 Å². The van der Waals surface area contributed by atoms with Crippen LogP contribution in [0.2, 0.25) is 0 Å². The molecule has 0 amide bonds. The number of hydrogen-bond donors (Lipinski definition) is 0.